The van der Waals surface area contributed by atoms with Gasteiger partial charge >= 0.3 is 0 Å². The first kappa shape index (κ1) is 12.5. The van der Waals surface area contributed by atoms with Crippen molar-refractivity contribution >= 4 is 35.1 Å². The van der Waals surface area contributed by atoms with Gasteiger partial charge in [0.25, 0.3) is 0 Å². The molecule has 94 valence electrons. The summed E-state index contributed by atoms with van der Waals surface area (Å²) in [6.45, 7) is 0. The lowest BCUT2D eigenvalue weighted by Crippen LogP contribution is -2.10. The molecule has 0 spiro atoms. The van der Waals surface area contributed by atoms with Crippen molar-refractivity contribution in [1.82, 2.24) is 0 Å². The Kier molecular flexibility index (Phi) is 3.17. The summed E-state index contributed by atoms with van der Waals surface area (Å²) in [5.74, 6) is -0.0164. The van der Waals surface area contributed by atoms with E-state index in [0.717, 1.165) is 11.1 Å². The number of rotatable bonds is 0. The predicted molar refractivity (Wildman–Crippen MR) is 78.7 cm³/mol. The zero-order valence-corrected chi connectivity index (χ0v) is 11.4. The fourth-order valence-corrected chi connectivity index (χ4v) is 2.76. The number of benzene rings is 2. The zero-order valence-electron chi connectivity index (χ0n) is 9.94. The van der Waals surface area contributed by atoms with Crippen molar-refractivity contribution in [2.45, 2.75) is 5.38 Å². The zero-order chi connectivity index (χ0) is 13.4. The van der Waals surface area contributed by atoms with Gasteiger partial charge in [-0.3, -0.25) is 4.79 Å². The molecule has 0 aromatic heterocycles. The van der Waals surface area contributed by atoms with Crippen LogP contribution in [0.3, 0.4) is 0 Å². The largest absolute Gasteiger partial charge is 0.289 e. The minimum absolute atomic E-state index is 0.0164. The van der Waals surface area contributed by atoms with Crippen molar-refractivity contribution in [3.8, 4) is 0 Å². The molecule has 3 rings (SSSR count). The molecule has 1 aliphatic carbocycles. The van der Waals surface area contributed by atoms with Crippen molar-refractivity contribution < 1.29 is 4.79 Å². The maximum atomic E-state index is 12.6. The van der Waals surface area contributed by atoms with Crippen LogP contribution < -0.4 is 0 Å². The van der Waals surface area contributed by atoms with Crippen molar-refractivity contribution in [2.24, 2.45) is 0 Å². The van der Waals surface area contributed by atoms with Gasteiger partial charge in [-0.2, -0.15) is 0 Å². The SMILES string of the molecule is O=C1c2ccccc2C=C(Cl)C(Cl)c2ccccc21. The van der Waals surface area contributed by atoms with E-state index in [4.69, 9.17) is 23.2 Å². The Morgan fingerprint density at radius 1 is 0.895 bits per heavy atom. The van der Waals surface area contributed by atoms with Gasteiger partial charge in [0, 0.05) is 16.2 Å². The normalized spacial score (nSPS) is 17.9. The maximum absolute atomic E-state index is 12.6. The molecule has 0 bridgehead atoms. The molecule has 0 heterocycles. The molecule has 0 N–H and O–H groups in total. The van der Waals surface area contributed by atoms with Crippen LogP contribution in [0.1, 0.15) is 32.4 Å². The van der Waals surface area contributed by atoms with Gasteiger partial charge in [-0.15, -0.1) is 11.6 Å². The molecule has 0 radical (unpaired) electrons. The van der Waals surface area contributed by atoms with Gasteiger partial charge in [0.05, 0.1) is 5.38 Å². The molecule has 1 aliphatic rings. The number of hydrogen-bond acceptors (Lipinski definition) is 1. The van der Waals surface area contributed by atoms with E-state index in [-0.39, 0.29) is 5.78 Å². The highest BCUT2D eigenvalue weighted by Crippen LogP contribution is 2.37. The minimum atomic E-state index is -0.491. The highest BCUT2D eigenvalue weighted by molar-refractivity contribution is 6.39. The summed E-state index contributed by atoms with van der Waals surface area (Å²) in [5, 5.41) is 0.0317. The molecule has 0 saturated carbocycles. The predicted octanol–water partition coefficient (Wildman–Crippen LogP) is 4.79. The van der Waals surface area contributed by atoms with Gasteiger partial charge < -0.3 is 0 Å². The third kappa shape index (κ3) is 2.09. The van der Waals surface area contributed by atoms with Crippen LogP contribution in [0.2, 0.25) is 0 Å². The number of alkyl halides is 1. The number of hydrogen-bond donors (Lipinski definition) is 0. The second-order valence-corrected chi connectivity index (χ2v) is 5.27. The Balaban J connectivity index is 2.33. The Bertz CT molecular complexity index is 689. The Morgan fingerprint density at radius 2 is 1.53 bits per heavy atom. The summed E-state index contributed by atoms with van der Waals surface area (Å²) in [6.07, 6.45) is 1.77. The van der Waals surface area contributed by atoms with E-state index in [2.05, 4.69) is 0 Å². The molecule has 19 heavy (non-hydrogen) atoms. The van der Waals surface area contributed by atoms with Crippen LogP contribution in [0.4, 0.5) is 0 Å². The Morgan fingerprint density at radius 3 is 2.32 bits per heavy atom. The highest BCUT2D eigenvalue weighted by Gasteiger charge is 2.24. The number of allylic oxidation sites excluding steroid dienone is 1. The van der Waals surface area contributed by atoms with Crippen molar-refractivity contribution in [1.29, 1.82) is 0 Å². The van der Waals surface area contributed by atoms with Crippen LogP contribution in [-0.4, -0.2) is 5.78 Å². The molecule has 0 amide bonds. The van der Waals surface area contributed by atoms with Crippen LogP contribution in [-0.2, 0) is 0 Å². The van der Waals surface area contributed by atoms with Gasteiger partial charge in [0.2, 0.25) is 0 Å². The highest BCUT2D eigenvalue weighted by atomic mass is 35.5. The Hall–Kier alpha value is -1.57. The van der Waals surface area contributed by atoms with Crippen LogP contribution in [0.15, 0.2) is 53.6 Å². The van der Waals surface area contributed by atoms with E-state index >= 15 is 0 Å². The summed E-state index contributed by atoms with van der Waals surface area (Å²) >= 11 is 12.6. The van der Waals surface area contributed by atoms with E-state index in [1.807, 2.05) is 42.5 Å². The molecule has 0 aliphatic heterocycles. The third-order valence-electron chi connectivity index (χ3n) is 3.22. The van der Waals surface area contributed by atoms with Gasteiger partial charge in [0.1, 0.15) is 0 Å². The molecule has 1 unspecified atom stereocenters. The van der Waals surface area contributed by atoms with Crippen molar-refractivity contribution in [3.63, 3.8) is 0 Å². The third-order valence-corrected chi connectivity index (χ3v) is 4.13. The second-order valence-electron chi connectivity index (χ2n) is 4.40. The number of fused-ring (bicyclic) bond motifs is 2. The molecule has 2 aromatic carbocycles. The standard InChI is InChI=1S/C16H10Cl2O/c17-14-9-10-5-1-2-6-11(10)16(19)13-8-4-3-7-12(13)15(14)18/h1-9,15H. The van der Waals surface area contributed by atoms with Crippen molar-refractivity contribution in [2.75, 3.05) is 0 Å². The fraction of sp³-hybridized carbons (Fsp3) is 0.0625. The smallest absolute Gasteiger partial charge is 0.193 e. The summed E-state index contributed by atoms with van der Waals surface area (Å²) in [7, 11) is 0. The molecule has 1 nitrogen and oxygen atoms in total. The fourth-order valence-electron chi connectivity index (χ4n) is 2.27. The van der Waals surface area contributed by atoms with E-state index < -0.39 is 5.38 Å². The monoisotopic (exact) mass is 288 g/mol. The number of carbonyl (C=O) groups excluding carboxylic acids is 1. The first-order valence-electron chi connectivity index (χ1n) is 5.92. The van der Waals surface area contributed by atoms with Gasteiger partial charge in [0.15, 0.2) is 5.78 Å². The number of ketones is 1. The van der Waals surface area contributed by atoms with Crippen LogP contribution in [0.5, 0.6) is 0 Å². The summed E-state index contributed by atoms with van der Waals surface area (Å²) in [6, 6.07) is 14.7. The molecular weight excluding hydrogens is 279 g/mol. The average molecular weight is 289 g/mol. The van der Waals surface area contributed by atoms with Crippen LogP contribution in [0.25, 0.3) is 6.08 Å². The van der Waals surface area contributed by atoms with E-state index in [0.29, 0.717) is 16.2 Å². The van der Waals surface area contributed by atoms with Crippen LogP contribution in [0, 0.1) is 0 Å². The van der Waals surface area contributed by atoms with Crippen LogP contribution >= 0.6 is 23.2 Å². The minimum Gasteiger partial charge on any atom is -0.289 e. The lowest BCUT2D eigenvalue weighted by atomic mass is 9.91. The maximum Gasteiger partial charge on any atom is 0.193 e. The van der Waals surface area contributed by atoms with E-state index in [1.165, 1.54) is 0 Å². The number of halogens is 2. The van der Waals surface area contributed by atoms with Gasteiger partial charge in [-0.05, 0) is 17.2 Å². The molecule has 3 heteroatoms. The second kappa shape index (κ2) is 4.84. The molecule has 1 atom stereocenters. The lowest BCUT2D eigenvalue weighted by Gasteiger charge is -2.18. The van der Waals surface area contributed by atoms with E-state index in [1.54, 1.807) is 12.1 Å². The quantitative estimate of drug-likeness (QED) is 0.637. The molecule has 0 saturated heterocycles. The summed E-state index contributed by atoms with van der Waals surface area (Å²) in [4.78, 5) is 12.6. The topological polar surface area (TPSA) is 17.1 Å². The Labute approximate surface area is 121 Å². The lowest BCUT2D eigenvalue weighted by molar-refractivity contribution is 0.103. The van der Waals surface area contributed by atoms with E-state index in [9.17, 15) is 4.79 Å². The number of carbonyl (C=O) groups is 1. The van der Waals surface area contributed by atoms with Crippen molar-refractivity contribution in [3.05, 3.63) is 75.8 Å². The average Bonchev–Trinajstić information content (AvgIpc) is 2.45. The summed E-state index contributed by atoms with van der Waals surface area (Å²) < 4.78 is 0. The molecular formula is C16H10Cl2O. The first-order valence-corrected chi connectivity index (χ1v) is 6.74. The molecule has 0 fully saturated rings. The summed E-state index contributed by atoms with van der Waals surface area (Å²) in [5.41, 5.74) is 2.82. The van der Waals surface area contributed by atoms with Gasteiger partial charge in [-0.25, -0.2) is 0 Å². The van der Waals surface area contributed by atoms with Gasteiger partial charge in [-0.1, -0.05) is 60.1 Å². The molecule has 2 aromatic rings. The first-order chi connectivity index (χ1) is 9.18.